The second-order valence-electron chi connectivity index (χ2n) is 2.70. The molecule has 0 spiro atoms. The predicted octanol–water partition coefficient (Wildman–Crippen LogP) is 0.152. The molecule has 22 heteroatoms. The van der Waals surface area contributed by atoms with Crippen molar-refractivity contribution in [3.8, 4) is 0 Å². The van der Waals surface area contributed by atoms with Crippen molar-refractivity contribution in [1.82, 2.24) is 0 Å². The first-order valence-corrected chi connectivity index (χ1v) is 8.04. The minimum absolute atomic E-state index is 0. The van der Waals surface area contributed by atoms with Gasteiger partial charge in [0.1, 0.15) is 0 Å². The smallest absolute Gasteiger partial charge is 0.741 e. The molecule has 0 aliphatic carbocycles. The average Bonchev–Trinajstić information content (AvgIpc) is 2.08. The normalized spacial score (nSPS) is 13.4. The van der Waals surface area contributed by atoms with Gasteiger partial charge in [-0.25, -0.2) is 25.3 Å². The molecule has 0 aliphatic heterocycles. The molecule has 9 nitrogen and oxygen atoms in total. The minimum Gasteiger partial charge on any atom is -0.741 e. The zero-order chi connectivity index (χ0) is 21.0. The molecule has 0 radical (unpaired) electrons. The molecule has 0 amide bonds. The third-order valence-corrected chi connectivity index (χ3v) is 2.55. The van der Waals surface area contributed by atoms with Crippen molar-refractivity contribution in [2.45, 2.75) is 16.5 Å². The molecule has 0 aromatic rings. The van der Waals surface area contributed by atoms with E-state index in [-0.39, 0.29) is 19.5 Å². The predicted molar refractivity (Wildman–Crippen MR) is 47.3 cm³/mol. The first-order chi connectivity index (χ1) is 9.75. The largest absolute Gasteiger partial charge is 3.00 e. The van der Waals surface area contributed by atoms with E-state index < -0.39 is 46.9 Å². The minimum atomic E-state index is -6.09. The maximum absolute atomic E-state index is 10.7. The van der Waals surface area contributed by atoms with Crippen molar-refractivity contribution in [2.75, 3.05) is 0 Å². The van der Waals surface area contributed by atoms with Crippen molar-refractivity contribution in [3.63, 3.8) is 0 Å². The third kappa shape index (κ3) is 15.7. The van der Waals surface area contributed by atoms with Gasteiger partial charge in [-0.3, -0.25) is 0 Å². The Bertz CT molecular complexity index is 596. The third-order valence-electron chi connectivity index (χ3n) is 0.850. The van der Waals surface area contributed by atoms with Crippen LogP contribution in [0.4, 0.5) is 39.5 Å². The molecule has 0 aromatic carbocycles. The Kier molecular flexibility index (Phi) is 12.4. The van der Waals surface area contributed by atoms with E-state index in [1.807, 2.05) is 0 Å². The summed E-state index contributed by atoms with van der Waals surface area (Å²) < 4.78 is 177. The molecule has 25 heavy (non-hydrogen) atoms. The van der Waals surface area contributed by atoms with Crippen LogP contribution in [0.15, 0.2) is 0 Å². The summed E-state index contributed by atoms with van der Waals surface area (Å²) >= 11 is 0. The van der Waals surface area contributed by atoms with E-state index in [4.69, 9.17) is 38.9 Å². The number of rotatable bonds is 0. The zero-order valence-corrected chi connectivity index (χ0v) is 14.2. The number of alkyl halides is 9. The van der Waals surface area contributed by atoms with Gasteiger partial charge in [0.15, 0.2) is 30.4 Å². The van der Waals surface area contributed by atoms with Gasteiger partial charge in [-0.1, -0.05) is 0 Å². The Morgan fingerprint density at radius 1 is 0.440 bits per heavy atom. The van der Waals surface area contributed by atoms with Gasteiger partial charge in [-0.2, -0.15) is 39.5 Å². The maximum Gasteiger partial charge on any atom is 3.00 e. The van der Waals surface area contributed by atoms with E-state index in [2.05, 4.69) is 0 Å². The standard InChI is InChI=1S/3CHF3O3S.Rh/c3*2-1(3,4)8(5,6)7;/h3*(H,5,6,7);/q;;;+3/p-3. The maximum atomic E-state index is 10.7. The van der Waals surface area contributed by atoms with Gasteiger partial charge in [-0.15, -0.1) is 0 Å². The Morgan fingerprint density at radius 3 is 0.480 bits per heavy atom. The van der Waals surface area contributed by atoms with Crippen molar-refractivity contribution in [2.24, 2.45) is 0 Å². The molecule has 0 saturated carbocycles. The molecule has 0 atom stereocenters. The first kappa shape index (κ1) is 32.4. The van der Waals surface area contributed by atoms with Crippen LogP contribution in [0.5, 0.6) is 0 Å². The van der Waals surface area contributed by atoms with Crippen molar-refractivity contribution < 1.29 is 97.9 Å². The van der Waals surface area contributed by atoms with Crippen LogP contribution in [0.25, 0.3) is 0 Å². The van der Waals surface area contributed by atoms with Crippen LogP contribution >= 0.6 is 0 Å². The topological polar surface area (TPSA) is 172 Å². The van der Waals surface area contributed by atoms with E-state index in [0.29, 0.717) is 0 Å². The summed E-state index contributed by atoms with van der Waals surface area (Å²) in [5.74, 6) is 0. The summed E-state index contributed by atoms with van der Waals surface area (Å²) in [6, 6.07) is 0. The molecule has 0 aliphatic rings. The zero-order valence-electron chi connectivity index (χ0n) is 10.1. The number of hydrogen-bond donors (Lipinski definition) is 0. The number of hydrogen-bond acceptors (Lipinski definition) is 9. The molecule has 0 unspecified atom stereocenters. The quantitative estimate of drug-likeness (QED) is 0.176. The van der Waals surface area contributed by atoms with Crippen LogP contribution in [-0.2, 0) is 49.8 Å². The Morgan fingerprint density at radius 2 is 0.480 bits per heavy atom. The van der Waals surface area contributed by atoms with Gasteiger partial charge in [0.2, 0.25) is 0 Å². The Hall–Kier alpha value is -0.277. The van der Waals surface area contributed by atoms with Gasteiger partial charge in [-0.05, 0) is 0 Å². The molecule has 0 saturated heterocycles. The van der Waals surface area contributed by atoms with Crippen molar-refractivity contribution in [1.29, 1.82) is 0 Å². The van der Waals surface area contributed by atoms with Crippen molar-refractivity contribution in [3.05, 3.63) is 0 Å². The summed E-state index contributed by atoms with van der Waals surface area (Å²) in [6.45, 7) is 0. The van der Waals surface area contributed by atoms with Gasteiger partial charge in [0.25, 0.3) is 0 Å². The fourth-order valence-corrected chi connectivity index (χ4v) is 0. The van der Waals surface area contributed by atoms with Crippen LogP contribution in [0.1, 0.15) is 0 Å². The van der Waals surface area contributed by atoms with E-state index in [1.165, 1.54) is 0 Å². The van der Waals surface area contributed by atoms with Crippen molar-refractivity contribution >= 4 is 30.4 Å². The van der Waals surface area contributed by atoms with E-state index in [1.54, 1.807) is 0 Å². The van der Waals surface area contributed by atoms with Crippen LogP contribution in [0.2, 0.25) is 0 Å². The van der Waals surface area contributed by atoms with Crippen LogP contribution < -0.4 is 0 Å². The second-order valence-corrected chi connectivity index (χ2v) is 6.81. The molecule has 0 bridgehead atoms. The van der Waals surface area contributed by atoms with E-state index >= 15 is 0 Å². The monoisotopic (exact) mass is 550 g/mol. The Labute approximate surface area is 145 Å². The van der Waals surface area contributed by atoms with E-state index in [0.717, 1.165) is 0 Å². The summed E-state index contributed by atoms with van der Waals surface area (Å²) in [5.41, 5.74) is -16.9. The summed E-state index contributed by atoms with van der Waals surface area (Å²) in [4.78, 5) is 0. The first-order valence-electron chi connectivity index (χ1n) is 3.81. The molecule has 0 fully saturated rings. The summed E-state index contributed by atoms with van der Waals surface area (Å²) in [7, 11) is -18.3. The van der Waals surface area contributed by atoms with Gasteiger partial charge in [0.05, 0.1) is 0 Å². The number of halogens is 9. The molecular formula is C3F9O9RhS3. The molecule has 0 rings (SSSR count). The average molecular weight is 550 g/mol. The second kappa shape index (κ2) is 9.60. The van der Waals surface area contributed by atoms with Gasteiger partial charge >= 0.3 is 36.0 Å². The molecule has 156 valence electrons. The van der Waals surface area contributed by atoms with Crippen LogP contribution in [0.3, 0.4) is 0 Å². The van der Waals surface area contributed by atoms with E-state index in [9.17, 15) is 39.5 Å². The summed E-state index contributed by atoms with van der Waals surface area (Å²) in [5, 5.41) is 0. The fourth-order valence-electron chi connectivity index (χ4n) is 0. The molecular weight excluding hydrogens is 550 g/mol. The fraction of sp³-hybridized carbons (Fsp3) is 1.00. The molecule has 0 N–H and O–H groups in total. The van der Waals surface area contributed by atoms with Gasteiger partial charge in [0, 0.05) is 0 Å². The SMILES string of the molecule is O=S(=O)([O-])C(F)(F)F.O=S(=O)([O-])C(F)(F)F.O=S(=O)([O-])C(F)(F)F.[Rh+3]. The van der Waals surface area contributed by atoms with Crippen LogP contribution in [-0.4, -0.2) is 55.4 Å². The summed E-state index contributed by atoms with van der Waals surface area (Å²) in [6.07, 6.45) is 0. The van der Waals surface area contributed by atoms with Crippen LogP contribution in [0, 0.1) is 0 Å². The Balaban J connectivity index is -0.000000130. The molecule has 0 heterocycles. The molecule has 0 aromatic heterocycles. The van der Waals surface area contributed by atoms with Gasteiger partial charge < -0.3 is 13.7 Å².